The monoisotopic (exact) mass is 229 g/mol. The Kier molecular flexibility index (Phi) is 2.33. The summed E-state index contributed by atoms with van der Waals surface area (Å²) in [5.74, 6) is 0. The third-order valence-electron chi connectivity index (χ3n) is 3.02. The Morgan fingerprint density at radius 2 is 1.81 bits per heavy atom. The Labute approximate surface area is 100 Å². The van der Waals surface area contributed by atoms with E-state index in [4.69, 9.17) is 11.6 Å². The van der Waals surface area contributed by atoms with Gasteiger partial charge in [0.2, 0.25) is 0 Å². The number of hydrogen-bond donors (Lipinski definition) is 1. The number of halogens is 1. The summed E-state index contributed by atoms with van der Waals surface area (Å²) in [4.78, 5) is 0. The first-order valence-corrected chi connectivity index (χ1v) is 5.85. The van der Waals surface area contributed by atoms with E-state index in [1.54, 1.807) is 0 Å². The lowest BCUT2D eigenvalue weighted by Crippen LogP contribution is -1.90. The van der Waals surface area contributed by atoms with Crippen LogP contribution in [-0.2, 0) is 6.42 Å². The number of hydrogen-bond acceptors (Lipinski definition) is 1. The van der Waals surface area contributed by atoms with Gasteiger partial charge in [-0.15, -0.1) is 0 Å². The number of anilines is 1. The van der Waals surface area contributed by atoms with Gasteiger partial charge in [0.05, 0.1) is 5.02 Å². The molecule has 0 bridgehead atoms. The predicted molar refractivity (Wildman–Crippen MR) is 69.1 cm³/mol. The zero-order chi connectivity index (χ0) is 11.0. The molecule has 1 N–H and O–H groups in total. The first-order valence-electron chi connectivity index (χ1n) is 5.47. The first-order chi connectivity index (χ1) is 7.86. The smallest absolute Gasteiger partial charge is 0.0537 e. The fraction of sp³-hybridized carbons (Fsp3) is 0.143. The van der Waals surface area contributed by atoms with Crippen LogP contribution in [0.5, 0.6) is 0 Å². The standard InChI is InChI=1S/C14H12ClN/c15-14-11(10-4-2-1-3-5-10)6-7-13-12(14)8-9-16-13/h1-7,16H,8-9H2. The van der Waals surface area contributed by atoms with E-state index < -0.39 is 0 Å². The van der Waals surface area contributed by atoms with Gasteiger partial charge in [0.15, 0.2) is 0 Å². The van der Waals surface area contributed by atoms with Gasteiger partial charge in [0, 0.05) is 17.8 Å². The van der Waals surface area contributed by atoms with Crippen molar-refractivity contribution in [2.45, 2.75) is 6.42 Å². The van der Waals surface area contributed by atoms with Crippen LogP contribution >= 0.6 is 11.6 Å². The van der Waals surface area contributed by atoms with E-state index in [1.165, 1.54) is 16.8 Å². The number of fused-ring (bicyclic) bond motifs is 1. The molecule has 1 aliphatic heterocycles. The Morgan fingerprint density at radius 1 is 1.00 bits per heavy atom. The quantitative estimate of drug-likeness (QED) is 0.780. The minimum atomic E-state index is 0.897. The van der Waals surface area contributed by atoms with E-state index in [0.29, 0.717) is 0 Å². The summed E-state index contributed by atoms with van der Waals surface area (Å²) in [5, 5.41) is 4.23. The highest BCUT2D eigenvalue weighted by Gasteiger charge is 2.16. The van der Waals surface area contributed by atoms with Gasteiger partial charge in [0.25, 0.3) is 0 Å². The molecule has 80 valence electrons. The van der Waals surface area contributed by atoms with E-state index in [-0.39, 0.29) is 0 Å². The molecule has 0 amide bonds. The number of rotatable bonds is 1. The van der Waals surface area contributed by atoms with Crippen LogP contribution < -0.4 is 5.32 Å². The first kappa shape index (κ1) is 9.73. The summed E-state index contributed by atoms with van der Waals surface area (Å²) in [6.45, 7) is 0.993. The minimum Gasteiger partial charge on any atom is -0.384 e. The van der Waals surface area contributed by atoms with Crippen molar-refractivity contribution in [3.8, 4) is 11.1 Å². The van der Waals surface area contributed by atoms with Crippen LogP contribution in [-0.4, -0.2) is 6.54 Å². The molecule has 0 unspecified atom stereocenters. The van der Waals surface area contributed by atoms with Crippen molar-refractivity contribution < 1.29 is 0 Å². The Bertz CT molecular complexity index is 520. The lowest BCUT2D eigenvalue weighted by Gasteiger charge is -2.08. The van der Waals surface area contributed by atoms with E-state index in [1.807, 2.05) is 18.2 Å². The number of benzene rings is 2. The zero-order valence-corrected chi connectivity index (χ0v) is 9.59. The maximum absolute atomic E-state index is 6.45. The second-order valence-corrected chi connectivity index (χ2v) is 4.37. The molecule has 0 spiro atoms. The van der Waals surface area contributed by atoms with Gasteiger partial charge < -0.3 is 5.32 Å². The lowest BCUT2D eigenvalue weighted by molar-refractivity contribution is 1.11. The molecule has 3 rings (SSSR count). The van der Waals surface area contributed by atoms with Crippen LogP contribution in [0.15, 0.2) is 42.5 Å². The molecular formula is C14H12ClN. The number of nitrogens with one attached hydrogen (secondary N) is 1. The molecule has 2 aromatic carbocycles. The molecule has 16 heavy (non-hydrogen) atoms. The minimum absolute atomic E-state index is 0.897. The second kappa shape index (κ2) is 3.84. The molecule has 1 aliphatic rings. The molecule has 1 nitrogen and oxygen atoms in total. The van der Waals surface area contributed by atoms with Gasteiger partial charge in [-0.3, -0.25) is 0 Å². The van der Waals surface area contributed by atoms with Crippen LogP contribution in [0.25, 0.3) is 11.1 Å². The molecule has 0 atom stereocenters. The molecule has 1 heterocycles. The van der Waals surface area contributed by atoms with Crippen LogP contribution in [0.4, 0.5) is 5.69 Å². The van der Waals surface area contributed by atoms with Crippen LogP contribution in [0.1, 0.15) is 5.56 Å². The van der Waals surface area contributed by atoms with Gasteiger partial charge in [0.1, 0.15) is 0 Å². The van der Waals surface area contributed by atoms with E-state index in [9.17, 15) is 0 Å². The summed E-state index contributed by atoms with van der Waals surface area (Å²) < 4.78 is 0. The summed E-state index contributed by atoms with van der Waals surface area (Å²) in [7, 11) is 0. The fourth-order valence-electron chi connectivity index (χ4n) is 2.19. The van der Waals surface area contributed by atoms with Crippen molar-refractivity contribution in [1.82, 2.24) is 0 Å². The van der Waals surface area contributed by atoms with Gasteiger partial charge >= 0.3 is 0 Å². The molecule has 0 aliphatic carbocycles. The maximum Gasteiger partial charge on any atom is 0.0537 e. The Hall–Kier alpha value is -1.47. The third-order valence-corrected chi connectivity index (χ3v) is 3.45. The van der Waals surface area contributed by atoms with Gasteiger partial charge in [-0.25, -0.2) is 0 Å². The second-order valence-electron chi connectivity index (χ2n) is 4.00. The highest BCUT2D eigenvalue weighted by atomic mass is 35.5. The molecule has 0 saturated carbocycles. The largest absolute Gasteiger partial charge is 0.384 e. The van der Waals surface area contributed by atoms with Crippen molar-refractivity contribution in [3.63, 3.8) is 0 Å². The predicted octanol–water partition coefficient (Wildman–Crippen LogP) is 3.98. The molecule has 0 fully saturated rings. The third kappa shape index (κ3) is 1.48. The van der Waals surface area contributed by atoms with Gasteiger partial charge in [-0.2, -0.15) is 0 Å². The molecule has 2 heteroatoms. The van der Waals surface area contributed by atoms with E-state index in [2.05, 4.69) is 29.6 Å². The molecular weight excluding hydrogens is 218 g/mol. The average Bonchev–Trinajstić information content (AvgIpc) is 2.80. The van der Waals surface area contributed by atoms with Crippen LogP contribution in [0.2, 0.25) is 5.02 Å². The molecule has 0 aromatic heterocycles. The van der Waals surface area contributed by atoms with Crippen molar-refractivity contribution in [2.75, 3.05) is 11.9 Å². The summed E-state index contributed by atoms with van der Waals surface area (Å²) in [5.41, 5.74) is 4.75. The summed E-state index contributed by atoms with van der Waals surface area (Å²) in [6, 6.07) is 14.5. The SMILES string of the molecule is Clc1c(-c2ccccc2)ccc2c1CCN2. The zero-order valence-electron chi connectivity index (χ0n) is 8.83. The summed E-state index contributed by atoms with van der Waals surface area (Å²) >= 11 is 6.45. The molecule has 0 saturated heterocycles. The van der Waals surface area contributed by atoms with Crippen molar-refractivity contribution in [1.29, 1.82) is 0 Å². The van der Waals surface area contributed by atoms with E-state index >= 15 is 0 Å². The molecule has 2 aromatic rings. The van der Waals surface area contributed by atoms with Crippen molar-refractivity contribution in [3.05, 3.63) is 53.1 Å². The highest BCUT2D eigenvalue weighted by molar-refractivity contribution is 6.34. The fourth-order valence-corrected chi connectivity index (χ4v) is 2.56. The maximum atomic E-state index is 6.45. The van der Waals surface area contributed by atoms with Crippen LogP contribution in [0, 0.1) is 0 Å². The van der Waals surface area contributed by atoms with Gasteiger partial charge in [-0.05, 0) is 23.6 Å². The van der Waals surface area contributed by atoms with Crippen molar-refractivity contribution in [2.24, 2.45) is 0 Å². The molecule has 0 radical (unpaired) electrons. The van der Waals surface area contributed by atoms with Crippen molar-refractivity contribution >= 4 is 17.3 Å². The Balaban J connectivity index is 2.16. The average molecular weight is 230 g/mol. The Morgan fingerprint density at radius 3 is 2.62 bits per heavy atom. The topological polar surface area (TPSA) is 12.0 Å². The lowest BCUT2D eigenvalue weighted by atomic mass is 10.0. The highest BCUT2D eigenvalue weighted by Crippen LogP contribution is 2.37. The van der Waals surface area contributed by atoms with E-state index in [0.717, 1.165) is 23.6 Å². The normalized spacial score (nSPS) is 13.3. The van der Waals surface area contributed by atoms with Gasteiger partial charge in [-0.1, -0.05) is 48.0 Å². The van der Waals surface area contributed by atoms with Crippen LogP contribution in [0.3, 0.4) is 0 Å². The summed E-state index contributed by atoms with van der Waals surface area (Å²) in [6.07, 6.45) is 1.02.